The van der Waals surface area contributed by atoms with Gasteiger partial charge in [-0.2, -0.15) is 4.68 Å². The summed E-state index contributed by atoms with van der Waals surface area (Å²) in [7, 11) is 0. The molecule has 0 atom stereocenters. The second kappa shape index (κ2) is 7.81. The highest BCUT2D eigenvalue weighted by atomic mass is 16.9. The van der Waals surface area contributed by atoms with Crippen LogP contribution in [0.2, 0.25) is 0 Å². The van der Waals surface area contributed by atoms with E-state index < -0.39 is 23.3 Å². The maximum Gasteiger partial charge on any atom is 0.334 e. The maximum atomic E-state index is 12.7. The van der Waals surface area contributed by atoms with Crippen molar-refractivity contribution in [3.8, 4) is 0 Å². The molecule has 10 nitrogen and oxygen atoms in total. The molecule has 0 aliphatic heterocycles. The maximum absolute atomic E-state index is 12.7. The number of benzene rings is 1. The fourth-order valence-corrected chi connectivity index (χ4v) is 3.07. The van der Waals surface area contributed by atoms with Crippen LogP contribution in [-0.4, -0.2) is 26.8 Å². The van der Waals surface area contributed by atoms with Crippen LogP contribution in [0, 0.1) is 10.1 Å². The van der Waals surface area contributed by atoms with Crippen molar-refractivity contribution in [1.29, 1.82) is 0 Å². The summed E-state index contributed by atoms with van der Waals surface area (Å²) >= 11 is 0. The van der Waals surface area contributed by atoms with Crippen molar-refractivity contribution in [3.05, 3.63) is 50.6 Å². The molecule has 1 aliphatic carbocycles. The summed E-state index contributed by atoms with van der Waals surface area (Å²) in [6.45, 7) is -0.559. The minimum absolute atomic E-state index is 0.0475. The minimum Gasteiger partial charge on any atom is -0.334 e. The average Bonchev–Trinajstić information content (AvgIpc) is 2.63. The number of nitrogens with zero attached hydrogens (tertiary/aromatic N) is 3. The average molecular weight is 361 g/mol. The predicted octanol–water partition coefficient (Wildman–Crippen LogP) is 1.69. The van der Waals surface area contributed by atoms with E-state index in [0.29, 0.717) is 5.52 Å². The van der Waals surface area contributed by atoms with Gasteiger partial charge in [0.1, 0.15) is 0 Å². The van der Waals surface area contributed by atoms with Gasteiger partial charge in [0.05, 0.1) is 10.9 Å². The number of rotatable bonds is 5. The number of hydrogen-bond donors (Lipinski definition) is 2. The number of para-hydroxylation sites is 1. The van der Waals surface area contributed by atoms with Gasteiger partial charge in [-0.25, -0.2) is 15.2 Å². The topological polar surface area (TPSA) is 128 Å². The van der Waals surface area contributed by atoms with Gasteiger partial charge in [0.2, 0.25) is 0 Å². The van der Waals surface area contributed by atoms with E-state index in [1.54, 1.807) is 24.3 Å². The first-order valence-electron chi connectivity index (χ1n) is 8.40. The van der Waals surface area contributed by atoms with Crippen molar-refractivity contribution in [2.24, 2.45) is 0 Å². The number of aromatic nitrogens is 2. The second-order valence-corrected chi connectivity index (χ2v) is 6.10. The van der Waals surface area contributed by atoms with Crippen LogP contribution in [0.3, 0.4) is 0 Å². The SMILES string of the molecule is O=C(NC1CCCCC1)Nn1c(CO[N+](=O)[O-])nc2ccccc2c1=O. The third-order valence-electron chi connectivity index (χ3n) is 4.30. The third kappa shape index (κ3) is 4.08. The molecule has 10 heteroatoms. The minimum atomic E-state index is -0.978. The fourth-order valence-electron chi connectivity index (χ4n) is 3.07. The number of carbonyl (C=O) groups is 1. The molecule has 1 aromatic carbocycles. The highest BCUT2D eigenvalue weighted by Gasteiger charge is 2.18. The highest BCUT2D eigenvalue weighted by Crippen LogP contribution is 2.17. The zero-order chi connectivity index (χ0) is 18.5. The number of amides is 2. The molecule has 138 valence electrons. The van der Waals surface area contributed by atoms with E-state index in [1.807, 2.05) is 0 Å². The Bertz CT molecular complexity index is 875. The summed E-state index contributed by atoms with van der Waals surface area (Å²) in [5.74, 6) is -0.0656. The van der Waals surface area contributed by atoms with E-state index in [4.69, 9.17) is 0 Å². The molecule has 2 N–H and O–H groups in total. The molecular weight excluding hydrogens is 342 g/mol. The van der Waals surface area contributed by atoms with Crippen LogP contribution in [0.1, 0.15) is 37.9 Å². The molecule has 0 saturated heterocycles. The van der Waals surface area contributed by atoms with E-state index in [1.165, 1.54) is 0 Å². The van der Waals surface area contributed by atoms with Crippen LogP contribution in [0.25, 0.3) is 10.9 Å². The molecule has 2 aromatic rings. The van der Waals surface area contributed by atoms with Gasteiger partial charge in [0.25, 0.3) is 10.6 Å². The number of hydrogen-bond acceptors (Lipinski definition) is 6. The van der Waals surface area contributed by atoms with Crippen molar-refractivity contribution < 1.29 is 14.7 Å². The summed E-state index contributed by atoms with van der Waals surface area (Å²) < 4.78 is 0.893. The van der Waals surface area contributed by atoms with Gasteiger partial charge in [-0.05, 0) is 25.0 Å². The van der Waals surface area contributed by atoms with Gasteiger partial charge >= 0.3 is 6.03 Å². The van der Waals surface area contributed by atoms with E-state index in [9.17, 15) is 19.7 Å². The first-order chi connectivity index (χ1) is 12.5. The van der Waals surface area contributed by atoms with E-state index in [2.05, 4.69) is 20.6 Å². The Labute approximate surface area is 148 Å². The van der Waals surface area contributed by atoms with Crippen LogP contribution in [-0.2, 0) is 11.4 Å². The Kier molecular flexibility index (Phi) is 5.30. The standard InChI is InChI=1S/C16H19N5O5/c22-15-12-8-4-5-9-13(12)18-14(10-26-21(24)25)20(15)19-16(23)17-11-6-2-1-3-7-11/h4-5,8-9,11H,1-3,6-7,10H2,(H2,17,19,23). The Hall–Kier alpha value is -3.17. The molecular formula is C16H19N5O5. The van der Waals surface area contributed by atoms with E-state index in [-0.39, 0.29) is 17.3 Å². The van der Waals surface area contributed by atoms with Gasteiger partial charge in [0, 0.05) is 6.04 Å². The fraction of sp³-hybridized carbons (Fsp3) is 0.438. The first-order valence-corrected chi connectivity index (χ1v) is 8.40. The van der Waals surface area contributed by atoms with Gasteiger partial charge in [0.15, 0.2) is 12.4 Å². The Morgan fingerprint density at radius 3 is 2.77 bits per heavy atom. The van der Waals surface area contributed by atoms with Crippen molar-refractivity contribution in [2.75, 3.05) is 5.43 Å². The monoisotopic (exact) mass is 361 g/mol. The second-order valence-electron chi connectivity index (χ2n) is 6.10. The smallest absolute Gasteiger partial charge is 0.334 e. The lowest BCUT2D eigenvalue weighted by Crippen LogP contribution is -2.45. The Morgan fingerprint density at radius 2 is 2.04 bits per heavy atom. The summed E-state index contributed by atoms with van der Waals surface area (Å²) in [5.41, 5.74) is 2.27. The number of fused-ring (bicyclic) bond motifs is 1. The predicted molar refractivity (Wildman–Crippen MR) is 92.6 cm³/mol. The molecule has 1 aliphatic rings. The van der Waals surface area contributed by atoms with E-state index >= 15 is 0 Å². The molecule has 1 aromatic heterocycles. The Balaban J connectivity index is 1.87. The van der Waals surface area contributed by atoms with E-state index in [0.717, 1.165) is 36.8 Å². The molecule has 0 spiro atoms. The van der Waals surface area contributed by atoms with Crippen molar-refractivity contribution in [1.82, 2.24) is 15.0 Å². The van der Waals surface area contributed by atoms with Crippen molar-refractivity contribution >= 4 is 16.9 Å². The zero-order valence-electron chi connectivity index (χ0n) is 14.0. The Morgan fingerprint density at radius 1 is 1.31 bits per heavy atom. The molecule has 2 amide bonds. The molecule has 26 heavy (non-hydrogen) atoms. The summed E-state index contributed by atoms with van der Waals surface area (Å²) in [5, 5.41) is 12.6. The van der Waals surface area contributed by atoms with Gasteiger partial charge < -0.3 is 10.2 Å². The lowest BCUT2D eigenvalue weighted by Gasteiger charge is -2.23. The lowest BCUT2D eigenvalue weighted by molar-refractivity contribution is -0.763. The normalized spacial score (nSPS) is 14.8. The quantitative estimate of drug-likeness (QED) is 0.616. The number of nitrogens with one attached hydrogen (secondary N) is 2. The van der Waals surface area contributed by atoms with Crippen LogP contribution in [0.15, 0.2) is 29.1 Å². The van der Waals surface area contributed by atoms with Gasteiger partial charge in [-0.1, -0.05) is 31.4 Å². The lowest BCUT2D eigenvalue weighted by atomic mass is 9.96. The molecule has 1 heterocycles. The molecule has 3 rings (SSSR count). The van der Waals surface area contributed by atoms with Crippen LogP contribution >= 0.6 is 0 Å². The first kappa shape index (κ1) is 17.6. The van der Waals surface area contributed by atoms with Crippen molar-refractivity contribution in [3.63, 3.8) is 0 Å². The van der Waals surface area contributed by atoms with Gasteiger partial charge in [-0.15, -0.1) is 10.1 Å². The molecule has 1 saturated carbocycles. The molecule has 1 fully saturated rings. The third-order valence-corrected chi connectivity index (χ3v) is 4.30. The van der Waals surface area contributed by atoms with Crippen molar-refractivity contribution in [2.45, 2.75) is 44.8 Å². The number of urea groups is 1. The molecule has 0 bridgehead atoms. The zero-order valence-corrected chi connectivity index (χ0v) is 14.0. The van der Waals surface area contributed by atoms with Crippen LogP contribution in [0.5, 0.6) is 0 Å². The van der Waals surface area contributed by atoms with Gasteiger partial charge in [-0.3, -0.25) is 4.79 Å². The largest absolute Gasteiger partial charge is 0.334 e. The summed E-state index contributed by atoms with van der Waals surface area (Å²) in [6, 6.07) is 6.04. The van der Waals surface area contributed by atoms with Crippen LogP contribution in [0.4, 0.5) is 4.79 Å². The molecule has 0 unspecified atom stereocenters. The summed E-state index contributed by atoms with van der Waals surface area (Å²) in [4.78, 5) is 44.0. The highest BCUT2D eigenvalue weighted by molar-refractivity contribution is 5.83. The van der Waals surface area contributed by atoms with Crippen LogP contribution < -0.4 is 16.3 Å². The number of carbonyl (C=O) groups excluding carboxylic acids is 1. The molecule has 0 radical (unpaired) electrons. The summed E-state index contributed by atoms with van der Waals surface area (Å²) in [6.07, 6.45) is 5.01.